The number of amidine groups is 1. The zero-order valence-electron chi connectivity index (χ0n) is 16.7. The van der Waals surface area contributed by atoms with Crippen LogP contribution in [0.4, 0.5) is 0 Å². The van der Waals surface area contributed by atoms with Crippen molar-refractivity contribution in [2.45, 2.75) is 38.6 Å². The van der Waals surface area contributed by atoms with Crippen molar-refractivity contribution in [2.75, 3.05) is 0 Å². The summed E-state index contributed by atoms with van der Waals surface area (Å²) in [6, 6.07) is 16.7. The number of nitriles is 1. The molecule has 2 amide bonds. The highest BCUT2D eigenvalue weighted by molar-refractivity contribution is 6.20. The molecule has 2 aliphatic rings. The molecule has 2 aromatic rings. The summed E-state index contributed by atoms with van der Waals surface area (Å²) in [5, 5.41) is 15.5. The molecule has 1 aliphatic heterocycles. The molecule has 0 atom stereocenters. The van der Waals surface area contributed by atoms with Crippen LogP contribution in [-0.2, 0) is 4.79 Å². The second kappa shape index (κ2) is 8.34. The first-order valence-corrected chi connectivity index (χ1v) is 10.1. The minimum absolute atomic E-state index is 0.0329. The number of fused-ring (bicyclic) bond motifs is 1. The fourth-order valence-corrected chi connectivity index (χ4v) is 3.96. The van der Waals surface area contributed by atoms with E-state index in [0.29, 0.717) is 28.2 Å². The van der Waals surface area contributed by atoms with Gasteiger partial charge in [-0.3, -0.25) is 9.59 Å². The summed E-state index contributed by atoms with van der Waals surface area (Å²) in [5.74, 6) is -0.350. The number of amides is 2. The molecule has 4 rings (SSSR count). The molecule has 1 saturated carbocycles. The van der Waals surface area contributed by atoms with Gasteiger partial charge in [0.05, 0.1) is 5.70 Å². The molecule has 0 aromatic heterocycles. The Morgan fingerprint density at radius 1 is 1.03 bits per heavy atom. The van der Waals surface area contributed by atoms with Crippen LogP contribution in [0.2, 0.25) is 0 Å². The third-order valence-electron chi connectivity index (χ3n) is 5.55. The van der Waals surface area contributed by atoms with Gasteiger partial charge in [-0.1, -0.05) is 55.3 Å². The largest absolute Gasteiger partial charge is 0.349 e. The third kappa shape index (κ3) is 3.74. The van der Waals surface area contributed by atoms with Gasteiger partial charge >= 0.3 is 0 Å². The maximum Gasteiger partial charge on any atom is 0.264 e. The molecule has 0 saturated heterocycles. The Bertz CT molecular complexity index is 1120. The Labute approximate surface area is 175 Å². The molecule has 0 radical (unpaired) electrons. The zero-order chi connectivity index (χ0) is 21.1. The molecule has 30 heavy (non-hydrogen) atoms. The lowest BCUT2D eigenvalue weighted by atomic mass is 10.0. The lowest BCUT2D eigenvalue weighted by Gasteiger charge is -2.11. The van der Waals surface area contributed by atoms with E-state index in [9.17, 15) is 14.9 Å². The first kappa shape index (κ1) is 19.6. The fraction of sp³-hybridized carbons (Fsp3) is 0.250. The van der Waals surface area contributed by atoms with Crippen LogP contribution in [0.5, 0.6) is 0 Å². The van der Waals surface area contributed by atoms with Crippen LogP contribution in [0.3, 0.4) is 0 Å². The van der Waals surface area contributed by atoms with E-state index in [1.807, 2.05) is 43.3 Å². The van der Waals surface area contributed by atoms with Gasteiger partial charge in [0.25, 0.3) is 11.8 Å². The second-order valence-electron chi connectivity index (χ2n) is 7.57. The molecule has 2 aromatic carbocycles. The van der Waals surface area contributed by atoms with Crippen molar-refractivity contribution < 1.29 is 9.59 Å². The summed E-state index contributed by atoms with van der Waals surface area (Å²) in [4.78, 5) is 30.1. The maximum absolute atomic E-state index is 12.8. The first-order chi connectivity index (χ1) is 14.6. The standard InChI is InChI=1S/C24H22N4O2/c1-15-8-2-5-11-17(15)23(29)28-22-19-13-7-6-12-18(19)21(27-22)20(14-25)24(30)26-16-9-3-4-10-16/h2,5-8,11-13,16H,3-4,9-10H2,1H3,(H,26,30)(H,27,28,29)/b21-20-. The van der Waals surface area contributed by atoms with Gasteiger partial charge in [0, 0.05) is 22.7 Å². The van der Waals surface area contributed by atoms with E-state index >= 15 is 0 Å². The maximum atomic E-state index is 12.8. The molecule has 0 spiro atoms. The predicted octanol–water partition coefficient (Wildman–Crippen LogP) is 3.48. The van der Waals surface area contributed by atoms with Crippen molar-refractivity contribution in [1.29, 1.82) is 5.26 Å². The molecule has 1 heterocycles. The molecule has 6 nitrogen and oxygen atoms in total. The van der Waals surface area contributed by atoms with Gasteiger partial charge in [0.1, 0.15) is 17.5 Å². The Balaban J connectivity index is 1.68. The molecule has 1 aliphatic carbocycles. The summed E-state index contributed by atoms with van der Waals surface area (Å²) >= 11 is 0. The number of nitrogens with zero attached hydrogens (tertiary/aromatic N) is 2. The summed E-state index contributed by atoms with van der Waals surface area (Å²) in [5.41, 5.74) is 3.02. The van der Waals surface area contributed by atoms with E-state index in [1.165, 1.54) is 0 Å². The second-order valence-corrected chi connectivity index (χ2v) is 7.57. The van der Waals surface area contributed by atoms with Crippen LogP contribution in [-0.4, -0.2) is 23.7 Å². The number of nitrogens with one attached hydrogen (secondary N) is 2. The van der Waals surface area contributed by atoms with Crippen LogP contribution in [0.1, 0.15) is 52.7 Å². The minimum atomic E-state index is -0.413. The molecular weight excluding hydrogens is 376 g/mol. The lowest BCUT2D eigenvalue weighted by Crippen LogP contribution is -2.33. The van der Waals surface area contributed by atoms with Crippen LogP contribution in [0.15, 0.2) is 59.1 Å². The Morgan fingerprint density at radius 3 is 2.40 bits per heavy atom. The van der Waals surface area contributed by atoms with E-state index in [1.54, 1.807) is 18.2 Å². The van der Waals surface area contributed by atoms with Crippen molar-refractivity contribution in [3.63, 3.8) is 0 Å². The van der Waals surface area contributed by atoms with Crippen LogP contribution in [0, 0.1) is 18.3 Å². The quantitative estimate of drug-likeness (QED) is 0.612. The Kier molecular flexibility index (Phi) is 5.44. The van der Waals surface area contributed by atoms with Crippen molar-refractivity contribution in [2.24, 2.45) is 4.99 Å². The van der Waals surface area contributed by atoms with E-state index < -0.39 is 5.91 Å². The summed E-state index contributed by atoms with van der Waals surface area (Å²) in [6.07, 6.45) is 4.02. The van der Waals surface area contributed by atoms with E-state index in [0.717, 1.165) is 31.2 Å². The smallest absolute Gasteiger partial charge is 0.264 e. The number of benzene rings is 2. The Hall–Kier alpha value is -3.72. The fourth-order valence-electron chi connectivity index (χ4n) is 3.96. The molecule has 0 bridgehead atoms. The molecule has 150 valence electrons. The number of rotatable bonds is 3. The predicted molar refractivity (Wildman–Crippen MR) is 115 cm³/mol. The van der Waals surface area contributed by atoms with Crippen molar-refractivity contribution in [3.05, 3.63) is 76.4 Å². The van der Waals surface area contributed by atoms with Gasteiger partial charge in [0.15, 0.2) is 0 Å². The highest BCUT2D eigenvalue weighted by Gasteiger charge is 2.28. The molecule has 0 unspecified atom stereocenters. The molecule has 1 fully saturated rings. The van der Waals surface area contributed by atoms with Crippen molar-refractivity contribution in [1.82, 2.24) is 10.6 Å². The van der Waals surface area contributed by atoms with Crippen molar-refractivity contribution >= 4 is 23.3 Å². The summed E-state index contributed by atoms with van der Waals surface area (Å²) in [7, 11) is 0. The van der Waals surface area contributed by atoms with Crippen LogP contribution < -0.4 is 10.6 Å². The SMILES string of the molecule is Cc1ccccc1C(=O)NC1=N/C(=C(/C#N)C(=O)NC2CCCC2)c2ccccc21. The topological polar surface area (TPSA) is 94.3 Å². The average molecular weight is 398 g/mol. The van der Waals surface area contributed by atoms with Crippen LogP contribution in [0.25, 0.3) is 5.70 Å². The number of carbonyl (C=O) groups excluding carboxylic acids is 2. The normalized spacial score (nSPS) is 17.0. The third-order valence-corrected chi connectivity index (χ3v) is 5.55. The first-order valence-electron chi connectivity index (χ1n) is 10.1. The van der Waals surface area contributed by atoms with Gasteiger partial charge < -0.3 is 10.6 Å². The average Bonchev–Trinajstić information content (AvgIpc) is 3.38. The summed E-state index contributed by atoms with van der Waals surface area (Å²) in [6.45, 7) is 1.87. The van der Waals surface area contributed by atoms with E-state index in [4.69, 9.17) is 0 Å². The van der Waals surface area contributed by atoms with Gasteiger partial charge in [-0.05, 0) is 31.4 Å². The molecule has 6 heteroatoms. The van der Waals surface area contributed by atoms with Crippen molar-refractivity contribution in [3.8, 4) is 6.07 Å². The summed E-state index contributed by atoms with van der Waals surface area (Å²) < 4.78 is 0. The van der Waals surface area contributed by atoms with Gasteiger partial charge in [-0.2, -0.15) is 5.26 Å². The van der Waals surface area contributed by atoms with Gasteiger partial charge in [0.2, 0.25) is 0 Å². The monoisotopic (exact) mass is 398 g/mol. The van der Waals surface area contributed by atoms with Crippen LogP contribution >= 0.6 is 0 Å². The highest BCUT2D eigenvalue weighted by Crippen LogP contribution is 2.31. The number of carbonyl (C=O) groups is 2. The van der Waals surface area contributed by atoms with E-state index in [2.05, 4.69) is 15.6 Å². The van der Waals surface area contributed by atoms with Gasteiger partial charge in [-0.15, -0.1) is 0 Å². The molecule has 2 N–H and O–H groups in total. The van der Waals surface area contributed by atoms with E-state index in [-0.39, 0.29) is 17.5 Å². The number of hydrogen-bond donors (Lipinski definition) is 2. The zero-order valence-corrected chi connectivity index (χ0v) is 16.7. The lowest BCUT2D eigenvalue weighted by molar-refractivity contribution is -0.117. The minimum Gasteiger partial charge on any atom is -0.349 e. The number of aryl methyl sites for hydroxylation is 1. The number of hydrogen-bond acceptors (Lipinski definition) is 4. The highest BCUT2D eigenvalue weighted by atomic mass is 16.2. The van der Waals surface area contributed by atoms with Gasteiger partial charge in [-0.25, -0.2) is 4.99 Å². The molecular formula is C24H22N4O2. The number of aliphatic imine (C=N–C) groups is 1. The Morgan fingerprint density at radius 2 is 1.70 bits per heavy atom.